The average Bonchev–Trinajstić information content (AvgIpc) is 2.85. The molecule has 2 aromatic rings. The second-order valence-electron chi connectivity index (χ2n) is 7.07. The van der Waals surface area contributed by atoms with E-state index in [0.29, 0.717) is 12.1 Å². The Morgan fingerprint density at radius 1 is 1.40 bits per heavy atom. The third-order valence-corrected chi connectivity index (χ3v) is 4.75. The van der Waals surface area contributed by atoms with Crippen LogP contribution in [0.5, 0.6) is 0 Å². The highest BCUT2D eigenvalue weighted by Gasteiger charge is 2.26. The van der Waals surface area contributed by atoms with Crippen molar-refractivity contribution in [2.24, 2.45) is 7.05 Å². The summed E-state index contributed by atoms with van der Waals surface area (Å²) in [6, 6.07) is 2.12. The fourth-order valence-corrected chi connectivity index (χ4v) is 3.48. The van der Waals surface area contributed by atoms with Gasteiger partial charge in [-0.2, -0.15) is 5.10 Å². The Hall–Kier alpha value is -1.99. The highest BCUT2D eigenvalue weighted by Crippen LogP contribution is 2.17. The van der Waals surface area contributed by atoms with Crippen LogP contribution in [0.2, 0.25) is 0 Å². The molecule has 136 valence electrons. The Morgan fingerprint density at radius 3 is 2.76 bits per heavy atom. The van der Waals surface area contributed by atoms with Gasteiger partial charge < -0.3 is 10.1 Å². The number of hydrogen-bond acceptors (Lipinski definition) is 5. The van der Waals surface area contributed by atoms with Gasteiger partial charge in [-0.15, -0.1) is 0 Å². The number of nitrogens with zero attached hydrogens (tertiary/aromatic N) is 4. The van der Waals surface area contributed by atoms with Crippen molar-refractivity contribution < 1.29 is 9.53 Å². The molecule has 0 aliphatic carbocycles. The zero-order valence-electron chi connectivity index (χ0n) is 15.6. The number of aromatic nitrogens is 3. The van der Waals surface area contributed by atoms with Gasteiger partial charge in [0.2, 0.25) is 0 Å². The van der Waals surface area contributed by atoms with E-state index in [9.17, 15) is 4.79 Å². The highest BCUT2D eigenvalue weighted by atomic mass is 16.5. The Morgan fingerprint density at radius 2 is 2.08 bits per heavy atom. The number of pyridine rings is 1. The van der Waals surface area contributed by atoms with Gasteiger partial charge in [-0.05, 0) is 33.8 Å². The Bertz CT molecular complexity index is 762. The lowest BCUT2D eigenvalue weighted by Gasteiger charge is -2.39. The quantitative estimate of drug-likeness (QED) is 0.909. The molecule has 3 atom stereocenters. The van der Waals surface area contributed by atoms with Crippen molar-refractivity contribution in [3.05, 3.63) is 23.5 Å². The van der Waals surface area contributed by atoms with E-state index in [1.807, 2.05) is 20.0 Å². The Balaban J connectivity index is 1.63. The van der Waals surface area contributed by atoms with Gasteiger partial charge in [-0.1, -0.05) is 0 Å². The topological polar surface area (TPSA) is 72.3 Å². The molecule has 25 heavy (non-hydrogen) atoms. The Labute approximate surface area is 148 Å². The summed E-state index contributed by atoms with van der Waals surface area (Å²) >= 11 is 0. The number of hydrogen-bond donors (Lipinski definition) is 1. The summed E-state index contributed by atoms with van der Waals surface area (Å²) < 4.78 is 7.50. The van der Waals surface area contributed by atoms with E-state index in [1.165, 1.54) is 0 Å². The number of carbonyl (C=O) groups excluding carboxylic acids is 1. The monoisotopic (exact) mass is 345 g/mol. The van der Waals surface area contributed by atoms with Crippen LogP contribution < -0.4 is 5.32 Å². The molecular formula is C18H27N5O2. The Kier molecular flexibility index (Phi) is 5.06. The van der Waals surface area contributed by atoms with E-state index in [4.69, 9.17) is 4.74 Å². The number of ether oxygens (including phenoxy) is 1. The molecule has 7 heteroatoms. The standard InChI is InChI=1S/C18H27N5O2/c1-11(23-9-12(2)25-13(3)10-23)7-20-18(24)15-6-16-14(4)21-22(5)17(16)19-8-15/h6,8,11-13H,7,9-10H2,1-5H3,(H,20,24)/t11-,12-,13+/m1/s1. The largest absolute Gasteiger partial charge is 0.373 e. The lowest BCUT2D eigenvalue weighted by atomic mass is 10.1. The van der Waals surface area contributed by atoms with Gasteiger partial charge in [0.15, 0.2) is 5.65 Å². The SMILES string of the molecule is Cc1nn(C)c2ncc(C(=O)NC[C@@H](C)N3C[C@@H](C)O[C@@H](C)C3)cc12. The van der Waals surface area contributed by atoms with Crippen LogP contribution in [0.4, 0.5) is 0 Å². The van der Waals surface area contributed by atoms with Crippen LogP contribution >= 0.6 is 0 Å². The van der Waals surface area contributed by atoms with Gasteiger partial charge in [-0.25, -0.2) is 4.98 Å². The summed E-state index contributed by atoms with van der Waals surface area (Å²) in [5.74, 6) is -0.0983. The minimum absolute atomic E-state index is 0.0983. The van der Waals surface area contributed by atoms with Crippen LogP contribution in [0.3, 0.4) is 0 Å². The van der Waals surface area contributed by atoms with Gasteiger partial charge in [0.1, 0.15) is 0 Å². The molecule has 7 nitrogen and oxygen atoms in total. The third kappa shape index (κ3) is 3.82. The maximum atomic E-state index is 12.5. The first-order chi connectivity index (χ1) is 11.8. The van der Waals surface area contributed by atoms with Gasteiger partial charge in [0.05, 0.1) is 23.5 Å². The van der Waals surface area contributed by atoms with Crippen LogP contribution in [0.1, 0.15) is 36.8 Å². The van der Waals surface area contributed by atoms with Crippen LogP contribution in [-0.2, 0) is 11.8 Å². The minimum Gasteiger partial charge on any atom is -0.373 e. The molecule has 1 N–H and O–H groups in total. The molecular weight excluding hydrogens is 318 g/mol. The number of fused-ring (bicyclic) bond motifs is 1. The van der Waals surface area contributed by atoms with Crippen molar-refractivity contribution in [3.8, 4) is 0 Å². The van der Waals surface area contributed by atoms with Gasteiger partial charge in [0.25, 0.3) is 5.91 Å². The molecule has 2 aromatic heterocycles. The predicted molar refractivity (Wildman–Crippen MR) is 96.6 cm³/mol. The van der Waals surface area contributed by atoms with Gasteiger partial charge >= 0.3 is 0 Å². The summed E-state index contributed by atoms with van der Waals surface area (Å²) in [4.78, 5) is 19.2. The first kappa shape index (κ1) is 17.8. The summed E-state index contributed by atoms with van der Waals surface area (Å²) in [6.07, 6.45) is 2.06. The summed E-state index contributed by atoms with van der Waals surface area (Å²) in [5.41, 5.74) is 2.24. The van der Waals surface area contributed by atoms with E-state index >= 15 is 0 Å². The van der Waals surface area contributed by atoms with Gasteiger partial charge in [0, 0.05) is 44.3 Å². The molecule has 0 bridgehead atoms. The molecule has 1 saturated heterocycles. The van der Waals surface area contributed by atoms with E-state index in [1.54, 1.807) is 10.9 Å². The van der Waals surface area contributed by atoms with Crippen LogP contribution in [0, 0.1) is 6.92 Å². The highest BCUT2D eigenvalue weighted by molar-refractivity contribution is 5.97. The summed E-state index contributed by atoms with van der Waals surface area (Å²) in [5, 5.41) is 8.29. The molecule has 1 aliphatic heterocycles. The number of morpholine rings is 1. The lowest BCUT2D eigenvalue weighted by molar-refractivity contribution is -0.0778. The molecule has 1 amide bonds. The van der Waals surface area contributed by atoms with Crippen molar-refractivity contribution in [1.29, 1.82) is 0 Å². The molecule has 0 aromatic carbocycles. The molecule has 0 unspecified atom stereocenters. The van der Waals surface area contributed by atoms with E-state index < -0.39 is 0 Å². The first-order valence-electron chi connectivity index (χ1n) is 8.82. The van der Waals surface area contributed by atoms with Crippen molar-refractivity contribution >= 4 is 16.9 Å². The maximum Gasteiger partial charge on any atom is 0.252 e. The van der Waals surface area contributed by atoms with Crippen molar-refractivity contribution in [2.45, 2.75) is 45.9 Å². The fourth-order valence-electron chi connectivity index (χ4n) is 3.48. The second-order valence-corrected chi connectivity index (χ2v) is 7.07. The van der Waals surface area contributed by atoms with Crippen LogP contribution in [-0.4, -0.2) is 63.5 Å². The number of nitrogens with one attached hydrogen (secondary N) is 1. The molecule has 3 rings (SSSR count). The number of rotatable bonds is 4. The normalized spacial score (nSPS) is 22.9. The maximum absolute atomic E-state index is 12.5. The molecule has 1 aliphatic rings. The predicted octanol–water partition coefficient (Wildman–Crippen LogP) is 1.50. The number of carbonyl (C=O) groups is 1. The van der Waals surface area contributed by atoms with Crippen molar-refractivity contribution in [2.75, 3.05) is 19.6 Å². The molecule has 0 saturated carbocycles. The molecule has 0 radical (unpaired) electrons. The van der Waals surface area contributed by atoms with E-state index in [-0.39, 0.29) is 24.2 Å². The van der Waals surface area contributed by atoms with E-state index in [0.717, 1.165) is 29.8 Å². The van der Waals surface area contributed by atoms with Crippen LogP contribution in [0.15, 0.2) is 12.3 Å². The van der Waals surface area contributed by atoms with Gasteiger partial charge in [-0.3, -0.25) is 14.4 Å². The van der Waals surface area contributed by atoms with E-state index in [2.05, 4.69) is 41.1 Å². The average molecular weight is 345 g/mol. The fraction of sp³-hybridized carbons (Fsp3) is 0.611. The molecule has 3 heterocycles. The first-order valence-corrected chi connectivity index (χ1v) is 8.82. The zero-order chi connectivity index (χ0) is 18.1. The molecule has 0 spiro atoms. The summed E-state index contributed by atoms with van der Waals surface area (Å²) in [6.45, 7) is 10.6. The third-order valence-electron chi connectivity index (χ3n) is 4.75. The van der Waals surface area contributed by atoms with Crippen molar-refractivity contribution in [3.63, 3.8) is 0 Å². The number of aryl methyl sites for hydroxylation is 2. The van der Waals surface area contributed by atoms with Crippen molar-refractivity contribution in [1.82, 2.24) is 25.0 Å². The second kappa shape index (κ2) is 7.09. The minimum atomic E-state index is -0.0983. The lowest BCUT2D eigenvalue weighted by Crippen LogP contribution is -2.52. The smallest absolute Gasteiger partial charge is 0.252 e. The summed E-state index contributed by atoms with van der Waals surface area (Å²) in [7, 11) is 1.86. The zero-order valence-corrected chi connectivity index (χ0v) is 15.6. The molecule has 1 fully saturated rings. The number of amides is 1. The van der Waals surface area contributed by atoms with Crippen LogP contribution in [0.25, 0.3) is 11.0 Å².